The van der Waals surface area contributed by atoms with Crippen LogP contribution in [0.15, 0.2) is 36.7 Å². The number of halogens is 2. The van der Waals surface area contributed by atoms with Crippen molar-refractivity contribution in [3.8, 4) is 0 Å². The van der Waals surface area contributed by atoms with Crippen molar-refractivity contribution >= 4 is 55.2 Å². The Morgan fingerprint density at radius 1 is 1.06 bits per heavy atom. The van der Waals surface area contributed by atoms with Crippen molar-refractivity contribution in [1.82, 2.24) is 14.5 Å². The maximum Gasteiger partial charge on any atom is 0.249 e. The van der Waals surface area contributed by atoms with Crippen LogP contribution >= 0.6 is 11.3 Å². The number of rotatable bonds is 5. The third kappa shape index (κ3) is 4.11. The molecule has 0 spiro atoms. The van der Waals surface area contributed by atoms with E-state index in [9.17, 15) is 18.4 Å². The Balaban J connectivity index is 1.64. The van der Waals surface area contributed by atoms with E-state index in [1.807, 2.05) is 13.8 Å². The second kappa shape index (κ2) is 8.03. The Bertz CT molecular complexity index is 1310. The first-order chi connectivity index (χ1) is 14.7. The summed E-state index contributed by atoms with van der Waals surface area (Å²) in [5.74, 6) is -2.68. The number of nitrogens with one attached hydrogen (secondary N) is 2. The largest absolute Gasteiger partial charge is 0.326 e. The van der Waals surface area contributed by atoms with Crippen molar-refractivity contribution in [2.45, 2.75) is 26.8 Å². The van der Waals surface area contributed by atoms with Gasteiger partial charge in [0.15, 0.2) is 16.8 Å². The molecule has 0 bridgehead atoms. The van der Waals surface area contributed by atoms with Crippen LogP contribution in [0.3, 0.4) is 0 Å². The van der Waals surface area contributed by atoms with Crippen molar-refractivity contribution in [3.63, 3.8) is 0 Å². The van der Waals surface area contributed by atoms with Crippen LogP contribution in [-0.2, 0) is 9.59 Å². The van der Waals surface area contributed by atoms with Gasteiger partial charge in [0, 0.05) is 24.7 Å². The minimum Gasteiger partial charge on any atom is -0.326 e. The first-order valence-corrected chi connectivity index (χ1v) is 10.3. The molecular weight excluding hydrogens is 424 g/mol. The molecule has 0 saturated carbocycles. The molecule has 4 aromatic rings. The summed E-state index contributed by atoms with van der Waals surface area (Å²) in [6.45, 7) is 5.14. The van der Waals surface area contributed by atoms with E-state index in [-0.39, 0.29) is 23.2 Å². The highest BCUT2D eigenvalue weighted by molar-refractivity contribution is 7.22. The number of hydrogen-bond donors (Lipinski definition) is 2. The molecule has 4 rings (SSSR count). The van der Waals surface area contributed by atoms with E-state index in [1.165, 1.54) is 24.6 Å². The molecule has 0 radical (unpaired) electrons. The highest BCUT2D eigenvalue weighted by atomic mass is 32.1. The fraction of sp³-hybridized carbons (Fsp3) is 0.238. The molecule has 7 nitrogen and oxygen atoms in total. The fourth-order valence-corrected chi connectivity index (χ4v) is 4.34. The van der Waals surface area contributed by atoms with Gasteiger partial charge in [-0.2, -0.15) is 0 Å². The first-order valence-electron chi connectivity index (χ1n) is 9.53. The zero-order valence-corrected chi connectivity index (χ0v) is 17.8. The average molecular weight is 443 g/mol. The number of thiazole rings is 1. The lowest BCUT2D eigenvalue weighted by Crippen LogP contribution is -2.29. The Hall–Kier alpha value is -3.40. The van der Waals surface area contributed by atoms with Crippen LogP contribution in [0.4, 0.5) is 19.6 Å². The van der Waals surface area contributed by atoms with Crippen LogP contribution in [0.2, 0.25) is 0 Å². The van der Waals surface area contributed by atoms with Gasteiger partial charge in [-0.3, -0.25) is 9.59 Å². The smallest absolute Gasteiger partial charge is 0.249 e. The van der Waals surface area contributed by atoms with E-state index in [2.05, 4.69) is 20.6 Å². The molecule has 2 aromatic heterocycles. The molecule has 1 unspecified atom stereocenters. The van der Waals surface area contributed by atoms with Crippen LogP contribution in [0.25, 0.3) is 21.3 Å². The van der Waals surface area contributed by atoms with Crippen molar-refractivity contribution in [2.75, 3.05) is 10.6 Å². The Morgan fingerprint density at radius 3 is 2.52 bits per heavy atom. The molecule has 0 fully saturated rings. The molecule has 0 aliphatic rings. The summed E-state index contributed by atoms with van der Waals surface area (Å²) >= 11 is 1.27. The second-order valence-electron chi connectivity index (χ2n) is 7.47. The fourth-order valence-electron chi connectivity index (χ4n) is 3.43. The molecule has 2 aromatic carbocycles. The lowest BCUT2D eigenvalue weighted by molar-refractivity contribution is -0.120. The van der Waals surface area contributed by atoms with Crippen molar-refractivity contribution in [3.05, 3.63) is 48.3 Å². The van der Waals surface area contributed by atoms with Gasteiger partial charge in [-0.25, -0.2) is 18.7 Å². The predicted octanol–water partition coefficient (Wildman–Crippen LogP) is 4.72. The summed E-state index contributed by atoms with van der Waals surface area (Å²) in [5.41, 5.74) is 1.92. The number of benzene rings is 2. The van der Waals surface area contributed by atoms with Crippen LogP contribution in [-0.4, -0.2) is 26.3 Å². The van der Waals surface area contributed by atoms with Gasteiger partial charge in [-0.1, -0.05) is 25.2 Å². The lowest BCUT2D eigenvalue weighted by Gasteiger charge is -2.21. The summed E-state index contributed by atoms with van der Waals surface area (Å²) < 4.78 is 29.7. The topological polar surface area (TPSA) is 88.9 Å². The highest BCUT2D eigenvalue weighted by Crippen LogP contribution is 2.31. The van der Waals surface area contributed by atoms with Gasteiger partial charge in [0.2, 0.25) is 11.8 Å². The molecule has 31 heavy (non-hydrogen) atoms. The minimum absolute atomic E-state index is 0.161. The molecule has 2 N–H and O–H groups in total. The zero-order valence-electron chi connectivity index (χ0n) is 16.9. The number of anilines is 2. The molecule has 2 amide bonds. The van der Waals surface area contributed by atoms with Crippen molar-refractivity contribution in [2.24, 2.45) is 5.92 Å². The van der Waals surface area contributed by atoms with E-state index >= 15 is 0 Å². The number of amides is 2. The Labute approximate surface area is 180 Å². The van der Waals surface area contributed by atoms with Crippen LogP contribution in [0.5, 0.6) is 0 Å². The molecule has 2 heterocycles. The van der Waals surface area contributed by atoms with Gasteiger partial charge >= 0.3 is 0 Å². The monoisotopic (exact) mass is 443 g/mol. The average Bonchev–Trinajstić information content (AvgIpc) is 3.25. The molecule has 1 atom stereocenters. The number of carbonyl (C=O) groups excluding carboxylic acids is 2. The molecule has 160 valence electrons. The quantitative estimate of drug-likeness (QED) is 0.467. The van der Waals surface area contributed by atoms with Crippen molar-refractivity contribution < 1.29 is 18.4 Å². The van der Waals surface area contributed by atoms with Crippen LogP contribution in [0, 0.1) is 17.6 Å². The van der Waals surface area contributed by atoms with Gasteiger partial charge in [0.05, 0.1) is 27.6 Å². The maximum atomic E-state index is 13.8. The lowest BCUT2D eigenvalue weighted by atomic mass is 10.0. The van der Waals surface area contributed by atoms with E-state index in [0.717, 1.165) is 16.8 Å². The SMILES string of the molecule is CC(=O)Nc1ccc2nc(NC(=O)C(C(C)C)n3cnc4cc(F)c(F)cc43)sc2c1. The van der Waals surface area contributed by atoms with E-state index < -0.39 is 17.7 Å². The summed E-state index contributed by atoms with van der Waals surface area (Å²) in [4.78, 5) is 32.9. The van der Waals surface area contributed by atoms with E-state index in [4.69, 9.17) is 0 Å². The second-order valence-corrected chi connectivity index (χ2v) is 8.50. The number of fused-ring (bicyclic) bond motifs is 2. The normalized spacial score (nSPS) is 12.5. The summed E-state index contributed by atoms with van der Waals surface area (Å²) in [6.07, 6.45) is 1.41. The highest BCUT2D eigenvalue weighted by Gasteiger charge is 2.27. The molecular formula is C21H19F2N5O2S. The van der Waals surface area contributed by atoms with Gasteiger partial charge in [-0.15, -0.1) is 0 Å². The molecule has 0 saturated heterocycles. The van der Waals surface area contributed by atoms with E-state index in [0.29, 0.717) is 21.9 Å². The summed E-state index contributed by atoms with van der Waals surface area (Å²) in [6, 6.07) is 6.62. The number of imidazole rings is 1. The van der Waals surface area contributed by atoms with Gasteiger partial charge in [-0.05, 0) is 24.1 Å². The minimum atomic E-state index is -1.00. The standard InChI is InChI=1S/C21H19F2N5O2S/c1-10(2)19(28-9-24-16-7-13(22)14(23)8-17(16)28)20(30)27-21-26-15-5-4-12(25-11(3)29)6-18(15)31-21/h4-10,19H,1-3H3,(H,25,29)(H,26,27,30). The van der Waals surface area contributed by atoms with Gasteiger partial charge < -0.3 is 15.2 Å². The number of nitrogens with zero attached hydrogens (tertiary/aromatic N) is 3. The number of hydrogen-bond acceptors (Lipinski definition) is 5. The van der Waals surface area contributed by atoms with Gasteiger partial charge in [0.1, 0.15) is 6.04 Å². The predicted molar refractivity (Wildman–Crippen MR) is 116 cm³/mol. The zero-order chi connectivity index (χ0) is 22.3. The summed E-state index contributed by atoms with van der Waals surface area (Å²) in [5, 5.41) is 5.92. The number of carbonyl (C=O) groups is 2. The third-order valence-electron chi connectivity index (χ3n) is 4.76. The van der Waals surface area contributed by atoms with E-state index in [1.54, 1.807) is 22.8 Å². The summed E-state index contributed by atoms with van der Waals surface area (Å²) in [7, 11) is 0. The van der Waals surface area contributed by atoms with Gasteiger partial charge in [0.25, 0.3) is 0 Å². The van der Waals surface area contributed by atoms with Crippen LogP contribution in [0.1, 0.15) is 26.8 Å². The number of aromatic nitrogens is 3. The third-order valence-corrected chi connectivity index (χ3v) is 5.69. The Morgan fingerprint density at radius 2 is 1.81 bits per heavy atom. The molecule has 0 aliphatic heterocycles. The van der Waals surface area contributed by atoms with Crippen molar-refractivity contribution in [1.29, 1.82) is 0 Å². The van der Waals surface area contributed by atoms with Crippen LogP contribution < -0.4 is 10.6 Å². The first kappa shape index (κ1) is 20.9. The molecule has 0 aliphatic carbocycles. The Kier molecular flexibility index (Phi) is 5.40. The maximum absolute atomic E-state index is 13.8. The molecule has 10 heteroatoms.